The summed E-state index contributed by atoms with van der Waals surface area (Å²) in [4.78, 5) is 4.34. The Morgan fingerprint density at radius 2 is 2.40 bits per heavy atom. The molecule has 2 rings (SSSR count). The molecular weight excluding hydrogens is 276 g/mol. The number of rotatable bonds is 8. The molecule has 0 aliphatic rings. The second kappa shape index (κ2) is 7.88. The summed E-state index contributed by atoms with van der Waals surface area (Å²) in [5.41, 5.74) is 2.24. The van der Waals surface area contributed by atoms with Crippen molar-refractivity contribution in [2.45, 2.75) is 26.0 Å². The standard InChI is InChI=1S/C13H18N4O2S/c1-2-10-4-3-5-15-12(10)7-14-6-11(18)9-19-13-8-16-20-17-13/h3-5,8,11,14,18H,2,6-7,9H2,1H3. The fourth-order valence-electron chi connectivity index (χ4n) is 1.77. The van der Waals surface area contributed by atoms with Crippen LogP contribution in [0.4, 0.5) is 0 Å². The molecule has 2 aromatic rings. The van der Waals surface area contributed by atoms with Gasteiger partial charge < -0.3 is 15.2 Å². The van der Waals surface area contributed by atoms with Gasteiger partial charge in [-0.3, -0.25) is 4.98 Å². The van der Waals surface area contributed by atoms with E-state index in [4.69, 9.17) is 4.74 Å². The van der Waals surface area contributed by atoms with Crippen LogP contribution in [0, 0.1) is 0 Å². The number of nitrogens with one attached hydrogen (secondary N) is 1. The Labute approximate surface area is 122 Å². The summed E-state index contributed by atoms with van der Waals surface area (Å²) in [7, 11) is 0. The molecule has 20 heavy (non-hydrogen) atoms. The van der Waals surface area contributed by atoms with Gasteiger partial charge in [-0.25, -0.2) is 0 Å². The lowest BCUT2D eigenvalue weighted by Crippen LogP contribution is -2.31. The summed E-state index contributed by atoms with van der Waals surface area (Å²) in [5.74, 6) is 0.451. The lowest BCUT2D eigenvalue weighted by Gasteiger charge is -2.12. The molecule has 0 aliphatic heterocycles. The molecule has 2 heterocycles. The van der Waals surface area contributed by atoms with E-state index in [-0.39, 0.29) is 6.61 Å². The summed E-state index contributed by atoms with van der Waals surface area (Å²) in [6.45, 7) is 3.38. The summed E-state index contributed by atoms with van der Waals surface area (Å²) in [6.07, 6.45) is 3.68. The molecule has 1 unspecified atom stereocenters. The Morgan fingerprint density at radius 3 is 3.15 bits per heavy atom. The van der Waals surface area contributed by atoms with Crippen LogP contribution in [0.25, 0.3) is 0 Å². The van der Waals surface area contributed by atoms with Crippen LogP contribution in [0.15, 0.2) is 24.5 Å². The smallest absolute Gasteiger partial charge is 0.245 e. The quantitative estimate of drug-likeness (QED) is 0.757. The number of aryl methyl sites for hydroxylation is 1. The molecule has 0 saturated carbocycles. The summed E-state index contributed by atoms with van der Waals surface area (Å²) in [6, 6.07) is 4.01. The molecule has 0 saturated heterocycles. The van der Waals surface area contributed by atoms with E-state index in [9.17, 15) is 5.11 Å². The van der Waals surface area contributed by atoms with Gasteiger partial charge in [0.05, 0.1) is 17.4 Å². The molecule has 2 aromatic heterocycles. The SMILES string of the molecule is CCc1cccnc1CNCC(O)COc1cnsn1. The van der Waals surface area contributed by atoms with E-state index in [1.54, 1.807) is 6.20 Å². The maximum atomic E-state index is 9.80. The van der Waals surface area contributed by atoms with Crippen molar-refractivity contribution < 1.29 is 9.84 Å². The Kier molecular flexibility index (Phi) is 5.85. The van der Waals surface area contributed by atoms with E-state index < -0.39 is 6.10 Å². The maximum Gasteiger partial charge on any atom is 0.245 e. The number of aliphatic hydroxyl groups is 1. The average Bonchev–Trinajstić information content (AvgIpc) is 2.99. The second-order valence-electron chi connectivity index (χ2n) is 4.30. The number of hydrogen-bond acceptors (Lipinski definition) is 7. The van der Waals surface area contributed by atoms with E-state index in [0.717, 1.165) is 23.8 Å². The normalized spacial score (nSPS) is 12.3. The highest BCUT2D eigenvalue weighted by atomic mass is 32.1. The first kappa shape index (κ1) is 14.8. The van der Waals surface area contributed by atoms with Gasteiger partial charge in [0.1, 0.15) is 18.9 Å². The molecule has 6 nitrogen and oxygen atoms in total. The van der Waals surface area contributed by atoms with E-state index in [0.29, 0.717) is 19.0 Å². The van der Waals surface area contributed by atoms with Crippen LogP contribution in [-0.4, -0.2) is 38.1 Å². The minimum atomic E-state index is -0.592. The third-order valence-corrected chi connectivity index (χ3v) is 3.26. The van der Waals surface area contributed by atoms with Crippen molar-refractivity contribution >= 4 is 11.7 Å². The minimum absolute atomic E-state index is 0.196. The van der Waals surface area contributed by atoms with Gasteiger partial charge in [0.25, 0.3) is 0 Å². The Morgan fingerprint density at radius 1 is 1.50 bits per heavy atom. The van der Waals surface area contributed by atoms with E-state index in [2.05, 4.69) is 32.0 Å². The lowest BCUT2D eigenvalue weighted by molar-refractivity contribution is 0.104. The highest BCUT2D eigenvalue weighted by Gasteiger charge is 2.07. The first-order valence-electron chi connectivity index (χ1n) is 6.51. The van der Waals surface area contributed by atoms with Gasteiger partial charge in [-0.1, -0.05) is 13.0 Å². The second-order valence-corrected chi connectivity index (χ2v) is 4.86. The van der Waals surface area contributed by atoms with Crippen molar-refractivity contribution in [1.29, 1.82) is 0 Å². The molecule has 0 aliphatic carbocycles. The molecule has 0 spiro atoms. The van der Waals surface area contributed by atoms with E-state index >= 15 is 0 Å². The van der Waals surface area contributed by atoms with Crippen LogP contribution in [0.2, 0.25) is 0 Å². The van der Waals surface area contributed by atoms with E-state index in [1.165, 1.54) is 11.8 Å². The summed E-state index contributed by atoms with van der Waals surface area (Å²) >= 11 is 1.08. The summed E-state index contributed by atoms with van der Waals surface area (Å²) < 4.78 is 13.0. The highest BCUT2D eigenvalue weighted by Crippen LogP contribution is 2.06. The summed E-state index contributed by atoms with van der Waals surface area (Å²) in [5, 5.41) is 13.0. The first-order chi connectivity index (χ1) is 9.79. The van der Waals surface area contributed by atoms with Gasteiger partial charge in [0.2, 0.25) is 5.88 Å². The van der Waals surface area contributed by atoms with Crippen LogP contribution in [0.1, 0.15) is 18.2 Å². The minimum Gasteiger partial charge on any atom is -0.473 e. The van der Waals surface area contributed by atoms with E-state index in [1.807, 2.05) is 6.07 Å². The predicted molar refractivity (Wildman–Crippen MR) is 76.7 cm³/mol. The molecule has 108 valence electrons. The van der Waals surface area contributed by atoms with Crippen molar-refractivity contribution in [2.75, 3.05) is 13.2 Å². The molecule has 2 N–H and O–H groups in total. The number of nitrogens with zero attached hydrogens (tertiary/aromatic N) is 3. The van der Waals surface area contributed by atoms with Crippen LogP contribution < -0.4 is 10.1 Å². The van der Waals surface area contributed by atoms with Crippen LogP contribution >= 0.6 is 11.7 Å². The fraction of sp³-hybridized carbons (Fsp3) is 0.462. The zero-order valence-corrected chi connectivity index (χ0v) is 12.1. The van der Waals surface area contributed by atoms with Crippen molar-refractivity contribution in [3.8, 4) is 5.88 Å². The van der Waals surface area contributed by atoms with Crippen LogP contribution in [-0.2, 0) is 13.0 Å². The van der Waals surface area contributed by atoms with Gasteiger partial charge in [-0.05, 0) is 18.1 Å². The van der Waals surface area contributed by atoms with Gasteiger partial charge in [0.15, 0.2) is 0 Å². The van der Waals surface area contributed by atoms with Gasteiger partial charge in [-0.15, -0.1) is 4.37 Å². The Bertz CT molecular complexity index is 507. The van der Waals surface area contributed by atoms with Crippen molar-refractivity contribution in [3.05, 3.63) is 35.8 Å². The molecule has 0 radical (unpaired) electrons. The molecule has 0 fully saturated rings. The molecule has 0 bridgehead atoms. The monoisotopic (exact) mass is 294 g/mol. The zero-order valence-electron chi connectivity index (χ0n) is 11.3. The Hall–Kier alpha value is -1.57. The fourth-order valence-corrected chi connectivity index (χ4v) is 2.13. The number of ether oxygens (including phenoxy) is 1. The van der Waals surface area contributed by atoms with Crippen molar-refractivity contribution in [3.63, 3.8) is 0 Å². The molecular formula is C13H18N4O2S. The van der Waals surface area contributed by atoms with Gasteiger partial charge >= 0.3 is 0 Å². The first-order valence-corrected chi connectivity index (χ1v) is 7.24. The highest BCUT2D eigenvalue weighted by molar-refractivity contribution is 6.99. The van der Waals surface area contributed by atoms with Gasteiger partial charge in [0, 0.05) is 19.3 Å². The maximum absolute atomic E-state index is 9.80. The Balaban J connectivity index is 1.69. The van der Waals surface area contributed by atoms with Gasteiger partial charge in [-0.2, -0.15) is 4.37 Å². The number of hydrogen-bond donors (Lipinski definition) is 2. The number of aliphatic hydroxyl groups excluding tert-OH is 1. The number of aromatic nitrogens is 3. The van der Waals surface area contributed by atoms with Crippen LogP contribution in [0.5, 0.6) is 5.88 Å². The lowest BCUT2D eigenvalue weighted by atomic mass is 10.1. The number of pyridine rings is 1. The molecule has 0 aromatic carbocycles. The molecule has 0 amide bonds. The van der Waals surface area contributed by atoms with Crippen LogP contribution in [0.3, 0.4) is 0 Å². The third kappa shape index (κ3) is 4.52. The van der Waals surface area contributed by atoms with Crippen molar-refractivity contribution in [1.82, 2.24) is 19.0 Å². The zero-order chi connectivity index (χ0) is 14.2. The molecule has 7 heteroatoms. The topological polar surface area (TPSA) is 80.2 Å². The molecule has 1 atom stereocenters. The van der Waals surface area contributed by atoms with Crippen molar-refractivity contribution in [2.24, 2.45) is 0 Å². The predicted octanol–water partition coefficient (Wildman–Crippen LogP) is 1.03. The average molecular weight is 294 g/mol. The third-order valence-electron chi connectivity index (χ3n) is 2.80. The largest absolute Gasteiger partial charge is 0.473 e.